The molecule has 3 aromatic rings. The van der Waals surface area contributed by atoms with Crippen molar-refractivity contribution in [2.24, 2.45) is 0 Å². The molecule has 0 saturated heterocycles. The van der Waals surface area contributed by atoms with Crippen LogP contribution in [-0.4, -0.2) is 58.5 Å². The summed E-state index contributed by atoms with van der Waals surface area (Å²) in [4.78, 5) is 28.8. The summed E-state index contributed by atoms with van der Waals surface area (Å²) in [6.07, 6.45) is 1.04. The molecule has 0 bridgehead atoms. The highest BCUT2D eigenvalue weighted by Gasteiger charge is 2.34. The lowest BCUT2D eigenvalue weighted by molar-refractivity contribution is -0.140. The molecule has 0 radical (unpaired) electrons. The first-order valence-corrected chi connectivity index (χ1v) is 15.1. The lowest BCUT2D eigenvalue weighted by atomic mass is 10.1. The number of hydrogen-bond donors (Lipinski definition) is 1. The van der Waals surface area contributed by atoms with E-state index in [9.17, 15) is 18.0 Å². The Labute approximate surface area is 247 Å². The fourth-order valence-electron chi connectivity index (χ4n) is 4.34. The van der Waals surface area contributed by atoms with Crippen LogP contribution in [0.2, 0.25) is 5.02 Å². The average Bonchev–Trinajstić information content (AvgIpc) is 2.98. The molecule has 220 valence electrons. The van der Waals surface area contributed by atoms with Gasteiger partial charge in [-0.1, -0.05) is 55.8 Å². The molecule has 0 unspecified atom stereocenters. The van der Waals surface area contributed by atoms with E-state index in [-0.39, 0.29) is 33.8 Å². The second-order valence-corrected chi connectivity index (χ2v) is 11.5. The monoisotopic (exact) mass is 601 g/mol. The summed E-state index contributed by atoms with van der Waals surface area (Å²) in [5, 5.41) is 3.13. The fourth-order valence-corrected chi connectivity index (χ4v) is 5.95. The molecule has 1 atom stereocenters. The molecular formula is C30H36ClN3O6S. The zero-order valence-corrected chi connectivity index (χ0v) is 25.2. The van der Waals surface area contributed by atoms with Crippen molar-refractivity contribution >= 4 is 39.1 Å². The van der Waals surface area contributed by atoms with Gasteiger partial charge in [0.2, 0.25) is 11.8 Å². The van der Waals surface area contributed by atoms with E-state index in [1.54, 1.807) is 56.5 Å². The largest absolute Gasteiger partial charge is 0.497 e. The van der Waals surface area contributed by atoms with Gasteiger partial charge in [-0.2, -0.15) is 0 Å². The maximum atomic E-state index is 14.2. The number of carbonyl (C=O) groups is 2. The smallest absolute Gasteiger partial charge is 0.264 e. The standard InChI is InChI=1S/C30H36ClN3O6S/c1-5-17-32-30(36)26(6-2)33(20-22-11-10-12-24(18-22)39-3)29(35)21-34(27-19-23(31)15-16-28(27)40-4)41(37,38)25-13-8-7-9-14-25/h7-16,18-19,26H,5-6,17,20-21H2,1-4H3,(H,32,36)/t26-/m0/s1. The lowest BCUT2D eigenvalue weighted by Crippen LogP contribution is -2.52. The Bertz CT molecular complexity index is 1440. The van der Waals surface area contributed by atoms with Crippen LogP contribution in [0.15, 0.2) is 77.7 Å². The van der Waals surface area contributed by atoms with Gasteiger partial charge in [-0.25, -0.2) is 8.42 Å². The summed E-state index contributed by atoms with van der Waals surface area (Å²) in [6, 6.07) is 18.7. The van der Waals surface area contributed by atoms with Gasteiger partial charge in [-0.15, -0.1) is 0 Å². The van der Waals surface area contributed by atoms with Gasteiger partial charge in [0.25, 0.3) is 10.0 Å². The third-order valence-electron chi connectivity index (χ3n) is 6.44. The molecule has 2 amide bonds. The SMILES string of the molecule is CCCNC(=O)[C@H](CC)N(Cc1cccc(OC)c1)C(=O)CN(c1cc(Cl)ccc1OC)S(=O)(=O)c1ccccc1. The molecule has 41 heavy (non-hydrogen) atoms. The van der Waals surface area contributed by atoms with Gasteiger partial charge in [0, 0.05) is 18.1 Å². The Balaban J connectivity index is 2.11. The molecule has 1 N–H and O–H groups in total. The van der Waals surface area contributed by atoms with E-state index in [2.05, 4.69) is 5.32 Å². The number of benzene rings is 3. The highest BCUT2D eigenvalue weighted by molar-refractivity contribution is 7.92. The number of halogens is 1. The normalized spacial score (nSPS) is 11.8. The van der Waals surface area contributed by atoms with Crippen LogP contribution in [-0.2, 0) is 26.2 Å². The lowest BCUT2D eigenvalue weighted by Gasteiger charge is -2.33. The van der Waals surface area contributed by atoms with E-state index >= 15 is 0 Å². The summed E-state index contributed by atoms with van der Waals surface area (Å²) < 4.78 is 39.8. The number of ether oxygens (including phenoxy) is 2. The van der Waals surface area contributed by atoms with E-state index < -0.39 is 28.5 Å². The van der Waals surface area contributed by atoms with Crippen molar-refractivity contribution in [3.63, 3.8) is 0 Å². The number of nitrogens with one attached hydrogen (secondary N) is 1. The van der Waals surface area contributed by atoms with Crippen molar-refractivity contribution in [2.45, 2.75) is 44.2 Å². The van der Waals surface area contributed by atoms with Gasteiger partial charge in [0.15, 0.2) is 0 Å². The Kier molecular flexibility index (Phi) is 11.4. The number of nitrogens with zero attached hydrogens (tertiary/aromatic N) is 2. The Hall–Kier alpha value is -3.76. The van der Waals surface area contributed by atoms with E-state index in [0.717, 1.165) is 16.3 Å². The second-order valence-electron chi connectivity index (χ2n) is 9.23. The molecule has 3 rings (SSSR count). The molecule has 0 aliphatic heterocycles. The number of anilines is 1. The molecule has 11 heteroatoms. The summed E-state index contributed by atoms with van der Waals surface area (Å²) >= 11 is 6.27. The number of sulfonamides is 1. The molecule has 9 nitrogen and oxygen atoms in total. The Morgan fingerprint density at radius 3 is 2.32 bits per heavy atom. The van der Waals surface area contributed by atoms with Gasteiger partial charge in [-0.05, 0) is 60.9 Å². The third kappa shape index (κ3) is 7.92. The van der Waals surface area contributed by atoms with Crippen molar-refractivity contribution in [1.82, 2.24) is 10.2 Å². The van der Waals surface area contributed by atoms with Gasteiger partial charge in [0.1, 0.15) is 24.1 Å². The summed E-state index contributed by atoms with van der Waals surface area (Å²) in [5.74, 6) is -0.0830. The van der Waals surface area contributed by atoms with Crippen LogP contribution in [0, 0.1) is 0 Å². The number of hydrogen-bond acceptors (Lipinski definition) is 6. The molecule has 0 aromatic heterocycles. The highest BCUT2D eigenvalue weighted by Crippen LogP contribution is 2.35. The maximum absolute atomic E-state index is 14.2. The predicted octanol–water partition coefficient (Wildman–Crippen LogP) is 4.89. The maximum Gasteiger partial charge on any atom is 0.264 e. The van der Waals surface area contributed by atoms with Crippen LogP contribution >= 0.6 is 11.6 Å². The zero-order valence-electron chi connectivity index (χ0n) is 23.7. The minimum absolute atomic E-state index is 0.0121. The van der Waals surface area contributed by atoms with Gasteiger partial charge < -0.3 is 19.7 Å². The van der Waals surface area contributed by atoms with E-state index in [4.69, 9.17) is 21.1 Å². The van der Waals surface area contributed by atoms with Crippen LogP contribution < -0.4 is 19.1 Å². The topological polar surface area (TPSA) is 105 Å². The van der Waals surface area contributed by atoms with Crippen molar-refractivity contribution < 1.29 is 27.5 Å². The minimum Gasteiger partial charge on any atom is -0.497 e. The molecular weight excluding hydrogens is 566 g/mol. The molecule has 0 heterocycles. The average molecular weight is 602 g/mol. The second kappa shape index (κ2) is 14.7. The first-order valence-electron chi connectivity index (χ1n) is 13.3. The zero-order chi connectivity index (χ0) is 30.0. The Morgan fingerprint density at radius 2 is 1.68 bits per heavy atom. The van der Waals surface area contributed by atoms with Crippen LogP contribution in [0.4, 0.5) is 5.69 Å². The van der Waals surface area contributed by atoms with Gasteiger partial charge in [0.05, 0.1) is 24.8 Å². The minimum atomic E-state index is -4.26. The van der Waals surface area contributed by atoms with Crippen molar-refractivity contribution in [3.05, 3.63) is 83.4 Å². The van der Waals surface area contributed by atoms with Gasteiger partial charge in [-0.3, -0.25) is 13.9 Å². The first-order chi connectivity index (χ1) is 19.7. The van der Waals surface area contributed by atoms with E-state index in [1.165, 1.54) is 36.3 Å². The van der Waals surface area contributed by atoms with Crippen LogP contribution in [0.1, 0.15) is 32.3 Å². The van der Waals surface area contributed by atoms with E-state index in [0.29, 0.717) is 18.7 Å². The first kappa shape index (κ1) is 31.8. The third-order valence-corrected chi connectivity index (χ3v) is 8.45. The predicted molar refractivity (Wildman–Crippen MR) is 160 cm³/mol. The summed E-state index contributed by atoms with van der Waals surface area (Å²) in [5.41, 5.74) is 0.819. The molecule has 0 spiro atoms. The van der Waals surface area contributed by atoms with Crippen molar-refractivity contribution in [1.29, 1.82) is 0 Å². The van der Waals surface area contributed by atoms with E-state index in [1.807, 2.05) is 13.0 Å². The molecule has 0 aliphatic rings. The van der Waals surface area contributed by atoms with Crippen LogP contribution in [0.25, 0.3) is 0 Å². The number of methoxy groups -OCH3 is 2. The highest BCUT2D eigenvalue weighted by atomic mass is 35.5. The molecule has 0 aliphatic carbocycles. The Morgan fingerprint density at radius 1 is 0.951 bits per heavy atom. The number of rotatable bonds is 14. The number of amides is 2. The molecule has 0 saturated carbocycles. The van der Waals surface area contributed by atoms with Crippen LogP contribution in [0.5, 0.6) is 11.5 Å². The summed E-state index contributed by atoms with van der Waals surface area (Å²) in [6.45, 7) is 3.64. The van der Waals surface area contributed by atoms with Crippen molar-refractivity contribution in [2.75, 3.05) is 31.6 Å². The summed E-state index contributed by atoms with van der Waals surface area (Å²) in [7, 11) is -1.31. The quantitative estimate of drug-likeness (QED) is 0.282. The fraction of sp³-hybridized carbons (Fsp3) is 0.333. The molecule has 3 aromatic carbocycles. The molecule has 0 fully saturated rings. The van der Waals surface area contributed by atoms with Gasteiger partial charge >= 0.3 is 0 Å². The van der Waals surface area contributed by atoms with Crippen molar-refractivity contribution in [3.8, 4) is 11.5 Å². The number of carbonyl (C=O) groups excluding carboxylic acids is 2. The van der Waals surface area contributed by atoms with Crippen LogP contribution in [0.3, 0.4) is 0 Å².